The molecule has 0 saturated heterocycles. The Kier molecular flexibility index (Phi) is 3.91. The van der Waals surface area contributed by atoms with E-state index in [2.05, 4.69) is 10.4 Å². The van der Waals surface area contributed by atoms with Gasteiger partial charge in [-0.25, -0.2) is 9.07 Å². The molecule has 100 valence electrons. The Bertz CT molecular complexity index is 594. The summed E-state index contributed by atoms with van der Waals surface area (Å²) in [6.45, 7) is 3.42. The van der Waals surface area contributed by atoms with E-state index in [0.29, 0.717) is 6.54 Å². The number of benzene rings is 1. The van der Waals surface area contributed by atoms with Gasteiger partial charge in [-0.15, -0.1) is 0 Å². The van der Waals surface area contributed by atoms with Crippen molar-refractivity contribution in [2.45, 2.75) is 13.5 Å². The van der Waals surface area contributed by atoms with Crippen molar-refractivity contribution in [2.75, 3.05) is 6.54 Å². The van der Waals surface area contributed by atoms with Gasteiger partial charge >= 0.3 is 0 Å². The van der Waals surface area contributed by atoms with Crippen LogP contribution in [0.2, 0.25) is 0 Å². The van der Waals surface area contributed by atoms with Crippen LogP contribution in [0.25, 0.3) is 5.69 Å². The Morgan fingerprint density at radius 1 is 1.53 bits per heavy atom. The Morgan fingerprint density at radius 3 is 2.89 bits per heavy atom. The zero-order valence-corrected chi connectivity index (χ0v) is 10.6. The van der Waals surface area contributed by atoms with Crippen molar-refractivity contribution >= 4 is 5.91 Å². The molecule has 0 unspecified atom stereocenters. The minimum atomic E-state index is -0.588. The van der Waals surface area contributed by atoms with Crippen LogP contribution in [0.3, 0.4) is 0 Å². The molecule has 1 heterocycles. The van der Waals surface area contributed by atoms with Crippen LogP contribution in [0, 0.1) is 5.82 Å². The largest absolute Gasteiger partial charge is 0.366 e. The van der Waals surface area contributed by atoms with Gasteiger partial charge in [0.2, 0.25) is 0 Å². The van der Waals surface area contributed by atoms with E-state index in [1.165, 1.54) is 23.1 Å². The molecule has 1 aromatic heterocycles. The van der Waals surface area contributed by atoms with Gasteiger partial charge in [0, 0.05) is 12.7 Å². The summed E-state index contributed by atoms with van der Waals surface area (Å²) in [6.07, 6.45) is 2.72. The lowest BCUT2D eigenvalue weighted by molar-refractivity contribution is 0.100. The van der Waals surface area contributed by atoms with Gasteiger partial charge in [-0.1, -0.05) is 13.0 Å². The van der Waals surface area contributed by atoms with E-state index in [0.717, 1.165) is 12.1 Å². The Balaban J connectivity index is 2.26. The number of nitrogens with zero attached hydrogens (tertiary/aromatic N) is 2. The third kappa shape index (κ3) is 2.97. The molecule has 0 fully saturated rings. The first kappa shape index (κ1) is 13.2. The number of hydrogen-bond acceptors (Lipinski definition) is 3. The summed E-state index contributed by atoms with van der Waals surface area (Å²) in [6, 6.07) is 4.89. The highest BCUT2D eigenvalue weighted by Crippen LogP contribution is 2.15. The minimum absolute atomic E-state index is 0.246. The summed E-state index contributed by atoms with van der Waals surface area (Å²) in [4.78, 5) is 11.0. The maximum Gasteiger partial charge on any atom is 0.251 e. The molecule has 0 spiro atoms. The number of nitrogens with two attached hydrogens (primary N) is 1. The van der Waals surface area contributed by atoms with Crippen LogP contribution >= 0.6 is 0 Å². The molecule has 0 aliphatic carbocycles. The molecule has 0 atom stereocenters. The highest BCUT2D eigenvalue weighted by atomic mass is 19.1. The summed E-state index contributed by atoms with van der Waals surface area (Å²) < 4.78 is 15.3. The lowest BCUT2D eigenvalue weighted by atomic mass is 10.2. The number of primary amides is 1. The lowest BCUT2D eigenvalue weighted by Gasteiger charge is -2.06. The van der Waals surface area contributed by atoms with Gasteiger partial charge < -0.3 is 11.1 Å². The molecule has 6 heteroatoms. The number of halogens is 1. The number of rotatable bonds is 5. The zero-order valence-electron chi connectivity index (χ0n) is 10.6. The smallest absolute Gasteiger partial charge is 0.251 e. The van der Waals surface area contributed by atoms with Crippen molar-refractivity contribution in [1.29, 1.82) is 0 Å². The average Bonchev–Trinajstić information content (AvgIpc) is 2.86. The van der Waals surface area contributed by atoms with Gasteiger partial charge in [-0.2, -0.15) is 5.10 Å². The van der Waals surface area contributed by atoms with E-state index >= 15 is 0 Å². The number of hydrogen-bond donors (Lipinski definition) is 2. The fourth-order valence-electron chi connectivity index (χ4n) is 1.70. The van der Waals surface area contributed by atoms with Crippen molar-refractivity contribution in [1.82, 2.24) is 15.1 Å². The van der Waals surface area contributed by atoms with Crippen LogP contribution in [0.4, 0.5) is 4.39 Å². The molecule has 0 aliphatic heterocycles. The van der Waals surface area contributed by atoms with Gasteiger partial charge in [0.25, 0.3) is 5.91 Å². The summed E-state index contributed by atoms with van der Waals surface area (Å²) in [5.41, 5.74) is 6.51. The van der Waals surface area contributed by atoms with Crippen LogP contribution in [-0.2, 0) is 6.54 Å². The van der Waals surface area contributed by atoms with E-state index in [4.69, 9.17) is 5.73 Å². The van der Waals surface area contributed by atoms with Gasteiger partial charge in [-0.05, 0) is 24.2 Å². The monoisotopic (exact) mass is 262 g/mol. The molecule has 0 aliphatic rings. The Morgan fingerprint density at radius 2 is 2.32 bits per heavy atom. The van der Waals surface area contributed by atoms with Gasteiger partial charge in [-0.3, -0.25) is 4.79 Å². The molecule has 3 N–H and O–H groups in total. The highest BCUT2D eigenvalue weighted by molar-refractivity contribution is 5.92. The Labute approximate surface area is 110 Å². The van der Waals surface area contributed by atoms with Crippen molar-refractivity contribution in [3.63, 3.8) is 0 Å². The first-order valence-corrected chi connectivity index (χ1v) is 5.95. The van der Waals surface area contributed by atoms with Crippen LogP contribution in [0.1, 0.15) is 22.8 Å². The second kappa shape index (κ2) is 5.62. The van der Waals surface area contributed by atoms with Crippen LogP contribution in [-0.4, -0.2) is 22.2 Å². The summed E-state index contributed by atoms with van der Waals surface area (Å²) >= 11 is 0. The molecule has 1 aromatic carbocycles. The number of carbonyl (C=O) groups is 1. The van der Waals surface area contributed by atoms with Crippen LogP contribution in [0.5, 0.6) is 0 Å². The fourth-order valence-corrected chi connectivity index (χ4v) is 1.70. The second-order valence-electron chi connectivity index (χ2n) is 4.10. The maximum absolute atomic E-state index is 14.0. The standard InChI is InChI=1S/C13H15FN4O/c1-2-16-6-9-3-4-12(11(14)5-9)18-8-10(7-17-18)13(15)19/h3-5,7-8,16H,2,6H2,1H3,(H2,15,19). The zero-order chi connectivity index (χ0) is 13.8. The predicted molar refractivity (Wildman–Crippen MR) is 69.4 cm³/mol. The third-order valence-corrected chi connectivity index (χ3v) is 2.71. The lowest BCUT2D eigenvalue weighted by Crippen LogP contribution is -2.12. The molecule has 0 saturated carbocycles. The first-order chi connectivity index (χ1) is 9.11. The highest BCUT2D eigenvalue weighted by Gasteiger charge is 2.09. The molecular weight excluding hydrogens is 247 g/mol. The molecule has 19 heavy (non-hydrogen) atoms. The van der Waals surface area contributed by atoms with Crippen molar-refractivity contribution in [2.24, 2.45) is 5.73 Å². The molecule has 0 radical (unpaired) electrons. The van der Waals surface area contributed by atoms with Gasteiger partial charge in [0.15, 0.2) is 0 Å². The molecule has 1 amide bonds. The normalized spacial score (nSPS) is 10.6. The number of aromatic nitrogens is 2. The number of amides is 1. The van der Waals surface area contributed by atoms with Gasteiger partial charge in [0.1, 0.15) is 11.5 Å². The molecule has 0 bridgehead atoms. The predicted octanol–water partition coefficient (Wildman–Crippen LogP) is 1.22. The average molecular weight is 262 g/mol. The van der Waals surface area contributed by atoms with E-state index < -0.39 is 11.7 Å². The van der Waals surface area contributed by atoms with Crippen molar-refractivity contribution in [3.8, 4) is 5.69 Å². The molecule has 2 rings (SSSR count). The van der Waals surface area contributed by atoms with Gasteiger partial charge in [0.05, 0.1) is 11.8 Å². The van der Waals surface area contributed by atoms with E-state index in [1.54, 1.807) is 6.07 Å². The minimum Gasteiger partial charge on any atom is -0.366 e. The molecule has 5 nitrogen and oxygen atoms in total. The summed E-state index contributed by atoms with van der Waals surface area (Å²) in [5, 5.41) is 7.04. The second-order valence-corrected chi connectivity index (χ2v) is 4.10. The fraction of sp³-hybridized carbons (Fsp3) is 0.231. The SMILES string of the molecule is CCNCc1ccc(-n2cc(C(N)=O)cn2)c(F)c1. The topological polar surface area (TPSA) is 72.9 Å². The maximum atomic E-state index is 14.0. The van der Waals surface area contributed by atoms with E-state index in [9.17, 15) is 9.18 Å². The van der Waals surface area contributed by atoms with Crippen LogP contribution < -0.4 is 11.1 Å². The quantitative estimate of drug-likeness (QED) is 0.851. The molecule has 2 aromatic rings. The number of nitrogens with one attached hydrogen (secondary N) is 1. The summed E-state index contributed by atoms with van der Waals surface area (Å²) in [5.74, 6) is -0.982. The first-order valence-electron chi connectivity index (χ1n) is 5.95. The molecular formula is C13H15FN4O. The van der Waals surface area contributed by atoms with E-state index in [1.807, 2.05) is 13.0 Å². The summed E-state index contributed by atoms with van der Waals surface area (Å²) in [7, 11) is 0. The van der Waals surface area contributed by atoms with E-state index in [-0.39, 0.29) is 11.3 Å². The Hall–Kier alpha value is -2.21. The van der Waals surface area contributed by atoms with Crippen molar-refractivity contribution < 1.29 is 9.18 Å². The van der Waals surface area contributed by atoms with Crippen LogP contribution in [0.15, 0.2) is 30.6 Å². The van der Waals surface area contributed by atoms with Crippen molar-refractivity contribution in [3.05, 3.63) is 47.5 Å². The number of carbonyl (C=O) groups excluding carboxylic acids is 1. The third-order valence-electron chi connectivity index (χ3n) is 2.71.